The fourth-order valence-electron chi connectivity index (χ4n) is 2.51. The molecule has 2 aromatic rings. The molecule has 0 aliphatic carbocycles. The Kier molecular flexibility index (Phi) is 4.06. The van der Waals surface area contributed by atoms with Crippen molar-refractivity contribution in [3.05, 3.63) is 54.1 Å². The lowest BCUT2D eigenvalue weighted by atomic mass is 9.97. The van der Waals surface area contributed by atoms with Crippen molar-refractivity contribution in [3.63, 3.8) is 0 Å². The van der Waals surface area contributed by atoms with Gasteiger partial charge in [-0.3, -0.25) is 4.79 Å². The van der Waals surface area contributed by atoms with Gasteiger partial charge in [-0.1, -0.05) is 36.4 Å². The molecule has 0 spiro atoms. The molecule has 6 heteroatoms. The zero-order valence-electron chi connectivity index (χ0n) is 12.0. The summed E-state index contributed by atoms with van der Waals surface area (Å²) < 4.78 is 5.15. The molecule has 0 radical (unpaired) electrons. The number of benzene rings is 2. The molecule has 2 unspecified atom stereocenters. The number of methoxy groups -OCH3 is 1. The van der Waals surface area contributed by atoms with Gasteiger partial charge in [-0.15, -0.1) is 0 Å². The van der Waals surface area contributed by atoms with E-state index in [1.807, 2.05) is 48.5 Å². The van der Waals surface area contributed by atoms with Gasteiger partial charge in [0.05, 0.1) is 13.2 Å². The minimum absolute atomic E-state index is 0.317. The number of carbonyl (C=O) groups is 1. The maximum Gasteiger partial charge on any atom is 0.324 e. The Balaban J connectivity index is 1.81. The third-order valence-corrected chi connectivity index (χ3v) is 3.75. The molecule has 114 valence electrons. The van der Waals surface area contributed by atoms with Crippen molar-refractivity contribution >= 4 is 5.97 Å². The first-order valence-electron chi connectivity index (χ1n) is 6.92. The van der Waals surface area contributed by atoms with E-state index in [0.717, 1.165) is 22.4 Å². The zero-order chi connectivity index (χ0) is 15.5. The largest absolute Gasteiger partial charge is 0.497 e. The summed E-state index contributed by atoms with van der Waals surface area (Å²) in [7, 11) is 1.64. The molecule has 6 nitrogen and oxygen atoms in total. The van der Waals surface area contributed by atoms with Gasteiger partial charge in [0.15, 0.2) is 0 Å². The molecule has 2 aromatic carbocycles. The summed E-state index contributed by atoms with van der Waals surface area (Å²) in [5, 5.41) is 9.17. The second kappa shape index (κ2) is 6.15. The number of nitrogens with one attached hydrogen (secondary N) is 3. The number of aliphatic carboxylic acids is 1. The van der Waals surface area contributed by atoms with Crippen LogP contribution in [-0.4, -0.2) is 24.2 Å². The molecular weight excluding hydrogens is 282 g/mol. The number of ether oxygens (including phenoxy) is 1. The highest BCUT2D eigenvalue weighted by atomic mass is 16.5. The monoisotopic (exact) mass is 299 g/mol. The Morgan fingerprint density at radius 3 is 2.14 bits per heavy atom. The van der Waals surface area contributed by atoms with Crippen molar-refractivity contribution in [2.75, 3.05) is 7.11 Å². The van der Waals surface area contributed by atoms with Gasteiger partial charge in [0, 0.05) is 0 Å². The van der Waals surface area contributed by atoms with Crippen LogP contribution in [0.3, 0.4) is 0 Å². The molecular formula is C16H17N3O3. The van der Waals surface area contributed by atoms with Crippen molar-refractivity contribution in [3.8, 4) is 16.9 Å². The Morgan fingerprint density at radius 2 is 1.59 bits per heavy atom. The fourth-order valence-corrected chi connectivity index (χ4v) is 2.51. The van der Waals surface area contributed by atoms with Gasteiger partial charge >= 0.3 is 5.97 Å². The Hall–Kier alpha value is -2.41. The Morgan fingerprint density at radius 1 is 1.00 bits per heavy atom. The minimum atomic E-state index is -0.901. The zero-order valence-corrected chi connectivity index (χ0v) is 12.0. The summed E-state index contributed by atoms with van der Waals surface area (Å²) in [6.45, 7) is 0. The predicted molar refractivity (Wildman–Crippen MR) is 82.0 cm³/mol. The lowest BCUT2D eigenvalue weighted by molar-refractivity contribution is -0.139. The molecule has 0 saturated carbocycles. The number of hydrogen-bond donors (Lipinski definition) is 4. The van der Waals surface area contributed by atoms with Crippen molar-refractivity contribution in [1.82, 2.24) is 16.4 Å². The van der Waals surface area contributed by atoms with Crippen LogP contribution in [0.2, 0.25) is 0 Å². The van der Waals surface area contributed by atoms with Gasteiger partial charge in [0.1, 0.15) is 11.8 Å². The molecule has 22 heavy (non-hydrogen) atoms. The average Bonchev–Trinajstić information content (AvgIpc) is 3.05. The Bertz CT molecular complexity index is 655. The van der Waals surface area contributed by atoms with Gasteiger partial charge < -0.3 is 9.84 Å². The van der Waals surface area contributed by atoms with Crippen molar-refractivity contribution in [2.45, 2.75) is 12.1 Å². The number of carboxylic acid groups (broad SMARTS) is 1. The van der Waals surface area contributed by atoms with E-state index in [-0.39, 0.29) is 6.04 Å². The number of hydrogen-bond acceptors (Lipinski definition) is 5. The standard InChI is InChI=1S/C16H17N3O3/c1-22-13-8-6-11(7-9-13)10-2-4-12(5-3-10)14-15(16(20)21)18-19-17-14/h2-9,14-15,17-19H,1H3,(H,20,21). The summed E-state index contributed by atoms with van der Waals surface area (Å²) in [5.74, 6) is -0.0845. The summed E-state index contributed by atoms with van der Waals surface area (Å²) in [6.07, 6.45) is 0. The molecule has 1 heterocycles. The summed E-state index contributed by atoms with van der Waals surface area (Å²) in [6, 6.07) is 14.6. The fraction of sp³-hybridized carbons (Fsp3) is 0.188. The van der Waals surface area contributed by atoms with Crippen molar-refractivity contribution < 1.29 is 14.6 Å². The van der Waals surface area contributed by atoms with Gasteiger partial charge in [-0.2, -0.15) is 5.53 Å². The van der Waals surface area contributed by atoms with Gasteiger partial charge in [-0.25, -0.2) is 10.9 Å². The van der Waals surface area contributed by atoms with E-state index in [1.54, 1.807) is 7.11 Å². The molecule has 4 N–H and O–H groups in total. The third-order valence-electron chi connectivity index (χ3n) is 3.75. The van der Waals surface area contributed by atoms with E-state index >= 15 is 0 Å². The van der Waals surface area contributed by atoms with E-state index in [4.69, 9.17) is 4.74 Å². The second-order valence-electron chi connectivity index (χ2n) is 5.06. The SMILES string of the molecule is COc1ccc(-c2ccc(C3NNNC3C(=O)O)cc2)cc1. The topological polar surface area (TPSA) is 82.6 Å². The number of rotatable bonds is 4. The quantitative estimate of drug-likeness (QED) is 0.684. The highest BCUT2D eigenvalue weighted by molar-refractivity contribution is 5.75. The molecule has 0 aromatic heterocycles. The lowest BCUT2D eigenvalue weighted by Gasteiger charge is -2.15. The first-order chi connectivity index (χ1) is 10.7. The smallest absolute Gasteiger partial charge is 0.324 e. The molecule has 0 bridgehead atoms. The van der Waals surface area contributed by atoms with Crippen molar-refractivity contribution in [2.24, 2.45) is 0 Å². The Labute approximate surface area is 128 Å². The number of hydrazine groups is 2. The van der Waals surface area contributed by atoms with Crippen molar-refractivity contribution in [1.29, 1.82) is 0 Å². The summed E-state index contributed by atoms with van der Waals surface area (Å²) in [5.41, 5.74) is 11.3. The van der Waals surface area contributed by atoms with Crippen LogP contribution in [0.4, 0.5) is 0 Å². The first kappa shape index (κ1) is 14.5. The van der Waals surface area contributed by atoms with Crippen LogP contribution < -0.4 is 21.1 Å². The second-order valence-corrected chi connectivity index (χ2v) is 5.06. The van der Waals surface area contributed by atoms with Gasteiger partial charge in [0.2, 0.25) is 0 Å². The van der Waals surface area contributed by atoms with Crippen LogP contribution >= 0.6 is 0 Å². The van der Waals surface area contributed by atoms with E-state index < -0.39 is 12.0 Å². The molecule has 1 saturated heterocycles. The van der Waals surface area contributed by atoms with Crippen LogP contribution in [0.15, 0.2) is 48.5 Å². The highest BCUT2D eigenvalue weighted by Crippen LogP contribution is 2.25. The normalized spacial score (nSPS) is 20.8. The third kappa shape index (κ3) is 2.80. The summed E-state index contributed by atoms with van der Waals surface area (Å²) >= 11 is 0. The van der Waals surface area contributed by atoms with E-state index in [9.17, 15) is 9.90 Å². The van der Waals surface area contributed by atoms with E-state index in [2.05, 4.69) is 16.4 Å². The van der Waals surface area contributed by atoms with Crippen LogP contribution in [-0.2, 0) is 4.79 Å². The van der Waals surface area contributed by atoms with E-state index in [0.29, 0.717) is 0 Å². The maximum atomic E-state index is 11.2. The van der Waals surface area contributed by atoms with Crippen LogP contribution in [0.1, 0.15) is 11.6 Å². The van der Waals surface area contributed by atoms with Gasteiger partial charge in [0.25, 0.3) is 0 Å². The molecule has 1 aliphatic rings. The molecule has 2 atom stereocenters. The highest BCUT2D eigenvalue weighted by Gasteiger charge is 2.33. The lowest BCUT2D eigenvalue weighted by Crippen LogP contribution is -2.38. The van der Waals surface area contributed by atoms with Gasteiger partial charge in [-0.05, 0) is 28.8 Å². The molecule has 3 rings (SSSR count). The number of carboxylic acids is 1. The maximum absolute atomic E-state index is 11.2. The first-order valence-corrected chi connectivity index (χ1v) is 6.92. The minimum Gasteiger partial charge on any atom is -0.497 e. The molecule has 1 fully saturated rings. The van der Waals surface area contributed by atoms with Crippen LogP contribution in [0.5, 0.6) is 5.75 Å². The van der Waals surface area contributed by atoms with E-state index in [1.165, 1.54) is 0 Å². The summed E-state index contributed by atoms with van der Waals surface area (Å²) in [4.78, 5) is 11.2. The predicted octanol–water partition coefficient (Wildman–Crippen LogP) is 1.47. The average molecular weight is 299 g/mol. The molecule has 0 amide bonds. The van der Waals surface area contributed by atoms with Crippen LogP contribution in [0, 0.1) is 0 Å². The van der Waals surface area contributed by atoms with Crippen LogP contribution in [0.25, 0.3) is 11.1 Å². The molecule has 1 aliphatic heterocycles.